The monoisotopic (exact) mass is 322 g/mol. The van der Waals surface area contributed by atoms with E-state index in [1.807, 2.05) is 43.3 Å². The van der Waals surface area contributed by atoms with Gasteiger partial charge in [0.2, 0.25) is 0 Å². The Morgan fingerprint density at radius 3 is 2.14 bits per heavy atom. The summed E-state index contributed by atoms with van der Waals surface area (Å²) in [5.41, 5.74) is 3.10. The standard InChI is InChI=1S/C17H16Cl2O2/c1-11(17(20)21-2)7-12-3-5-13(6-4-12)14-8-15(18)10-16(19)9-14/h3-6,8-11H,7H2,1-2H3/t11-/m1/s1. The molecule has 2 rings (SSSR count). The number of halogens is 2. The second-order valence-electron chi connectivity index (χ2n) is 4.98. The van der Waals surface area contributed by atoms with Crippen LogP contribution in [0.15, 0.2) is 42.5 Å². The van der Waals surface area contributed by atoms with E-state index < -0.39 is 0 Å². The van der Waals surface area contributed by atoms with Crippen molar-refractivity contribution in [3.63, 3.8) is 0 Å². The zero-order chi connectivity index (χ0) is 15.4. The van der Waals surface area contributed by atoms with Crippen molar-refractivity contribution in [2.24, 2.45) is 5.92 Å². The van der Waals surface area contributed by atoms with Gasteiger partial charge in [-0.15, -0.1) is 0 Å². The molecule has 0 aliphatic rings. The van der Waals surface area contributed by atoms with Crippen LogP contribution in [0, 0.1) is 5.92 Å². The molecule has 0 aliphatic heterocycles. The largest absolute Gasteiger partial charge is 0.469 e. The van der Waals surface area contributed by atoms with Crippen LogP contribution >= 0.6 is 23.2 Å². The minimum Gasteiger partial charge on any atom is -0.469 e. The normalized spacial score (nSPS) is 12.0. The minimum absolute atomic E-state index is 0.151. The molecule has 4 heteroatoms. The van der Waals surface area contributed by atoms with Crippen LogP contribution in [0.1, 0.15) is 12.5 Å². The quantitative estimate of drug-likeness (QED) is 0.739. The van der Waals surface area contributed by atoms with Gasteiger partial charge in [-0.05, 0) is 41.3 Å². The predicted octanol–water partition coefficient (Wildman–Crippen LogP) is 5.01. The van der Waals surface area contributed by atoms with Crippen molar-refractivity contribution in [1.82, 2.24) is 0 Å². The van der Waals surface area contributed by atoms with Gasteiger partial charge in [0.15, 0.2) is 0 Å². The molecule has 0 amide bonds. The highest BCUT2D eigenvalue weighted by molar-refractivity contribution is 6.35. The topological polar surface area (TPSA) is 26.3 Å². The molecule has 0 radical (unpaired) electrons. The lowest BCUT2D eigenvalue weighted by Crippen LogP contribution is -2.14. The number of hydrogen-bond donors (Lipinski definition) is 0. The fourth-order valence-electron chi connectivity index (χ4n) is 2.19. The van der Waals surface area contributed by atoms with Crippen LogP contribution in [0.4, 0.5) is 0 Å². The van der Waals surface area contributed by atoms with Gasteiger partial charge in [-0.25, -0.2) is 0 Å². The first kappa shape index (κ1) is 15.9. The molecule has 0 heterocycles. The van der Waals surface area contributed by atoms with Gasteiger partial charge in [-0.2, -0.15) is 0 Å². The summed E-state index contributed by atoms with van der Waals surface area (Å²) < 4.78 is 4.74. The van der Waals surface area contributed by atoms with E-state index >= 15 is 0 Å². The highest BCUT2D eigenvalue weighted by Crippen LogP contribution is 2.27. The van der Waals surface area contributed by atoms with E-state index in [4.69, 9.17) is 27.9 Å². The number of hydrogen-bond acceptors (Lipinski definition) is 2. The summed E-state index contributed by atoms with van der Waals surface area (Å²) in [7, 11) is 1.41. The van der Waals surface area contributed by atoms with Crippen molar-refractivity contribution in [1.29, 1.82) is 0 Å². The molecule has 0 unspecified atom stereocenters. The van der Waals surface area contributed by atoms with Gasteiger partial charge in [0.25, 0.3) is 0 Å². The molecule has 0 aromatic heterocycles. The van der Waals surface area contributed by atoms with Crippen LogP contribution in [0.25, 0.3) is 11.1 Å². The Hall–Kier alpha value is -1.51. The molecule has 0 aliphatic carbocycles. The molecule has 0 spiro atoms. The maximum absolute atomic E-state index is 11.4. The first-order chi connectivity index (χ1) is 9.99. The fourth-order valence-corrected chi connectivity index (χ4v) is 2.72. The van der Waals surface area contributed by atoms with E-state index in [0.717, 1.165) is 16.7 Å². The summed E-state index contributed by atoms with van der Waals surface area (Å²) in [5.74, 6) is -0.345. The number of rotatable bonds is 4. The maximum Gasteiger partial charge on any atom is 0.308 e. The second-order valence-corrected chi connectivity index (χ2v) is 5.86. The lowest BCUT2D eigenvalue weighted by molar-refractivity contribution is -0.144. The summed E-state index contributed by atoms with van der Waals surface area (Å²) in [6.45, 7) is 1.86. The van der Waals surface area contributed by atoms with E-state index in [1.165, 1.54) is 7.11 Å². The highest BCUT2D eigenvalue weighted by atomic mass is 35.5. The smallest absolute Gasteiger partial charge is 0.308 e. The van der Waals surface area contributed by atoms with E-state index in [1.54, 1.807) is 6.07 Å². The molecule has 2 nitrogen and oxygen atoms in total. The minimum atomic E-state index is -0.194. The summed E-state index contributed by atoms with van der Waals surface area (Å²) in [5, 5.41) is 1.22. The molecular weight excluding hydrogens is 307 g/mol. The molecule has 1 atom stereocenters. The highest BCUT2D eigenvalue weighted by Gasteiger charge is 2.13. The molecule has 0 fully saturated rings. The average molecular weight is 323 g/mol. The molecule has 2 aromatic rings. The molecule has 21 heavy (non-hydrogen) atoms. The van der Waals surface area contributed by atoms with Gasteiger partial charge in [0.1, 0.15) is 0 Å². The molecular formula is C17H16Cl2O2. The van der Waals surface area contributed by atoms with Crippen molar-refractivity contribution in [2.75, 3.05) is 7.11 Å². The number of benzene rings is 2. The maximum atomic E-state index is 11.4. The van der Waals surface area contributed by atoms with Gasteiger partial charge >= 0.3 is 5.97 Å². The Morgan fingerprint density at radius 1 is 1.05 bits per heavy atom. The van der Waals surface area contributed by atoms with Crippen molar-refractivity contribution in [3.8, 4) is 11.1 Å². The third kappa shape index (κ3) is 4.23. The number of carbonyl (C=O) groups excluding carboxylic acids is 1. The zero-order valence-corrected chi connectivity index (χ0v) is 13.4. The lowest BCUT2D eigenvalue weighted by atomic mass is 9.98. The third-order valence-electron chi connectivity index (χ3n) is 3.30. The number of carbonyl (C=O) groups is 1. The van der Waals surface area contributed by atoms with E-state index in [2.05, 4.69) is 0 Å². The van der Waals surface area contributed by atoms with Crippen LogP contribution in [0.3, 0.4) is 0 Å². The van der Waals surface area contributed by atoms with Crippen molar-refractivity contribution >= 4 is 29.2 Å². The Bertz CT molecular complexity index is 615. The SMILES string of the molecule is COC(=O)[C@H](C)Cc1ccc(-c2cc(Cl)cc(Cl)c2)cc1. The van der Waals surface area contributed by atoms with Crippen LogP contribution in [0.2, 0.25) is 10.0 Å². The molecule has 0 saturated heterocycles. The van der Waals surface area contributed by atoms with Crippen LogP contribution in [-0.4, -0.2) is 13.1 Å². The number of ether oxygens (including phenoxy) is 1. The Kier molecular flexibility index (Phi) is 5.27. The van der Waals surface area contributed by atoms with E-state index in [9.17, 15) is 4.79 Å². The van der Waals surface area contributed by atoms with Crippen LogP contribution in [0.5, 0.6) is 0 Å². The van der Waals surface area contributed by atoms with Gasteiger partial charge in [-0.3, -0.25) is 4.79 Å². The third-order valence-corrected chi connectivity index (χ3v) is 3.73. The molecule has 0 N–H and O–H groups in total. The van der Waals surface area contributed by atoms with Crippen molar-refractivity contribution in [2.45, 2.75) is 13.3 Å². The van der Waals surface area contributed by atoms with Gasteiger partial charge in [0, 0.05) is 10.0 Å². The van der Waals surface area contributed by atoms with Gasteiger partial charge < -0.3 is 4.74 Å². The van der Waals surface area contributed by atoms with Crippen molar-refractivity contribution in [3.05, 3.63) is 58.1 Å². The van der Waals surface area contributed by atoms with Crippen LogP contribution < -0.4 is 0 Å². The van der Waals surface area contributed by atoms with Gasteiger partial charge in [-0.1, -0.05) is 54.4 Å². The van der Waals surface area contributed by atoms with Crippen LogP contribution in [-0.2, 0) is 16.0 Å². The Balaban J connectivity index is 2.17. The van der Waals surface area contributed by atoms with E-state index in [0.29, 0.717) is 16.5 Å². The lowest BCUT2D eigenvalue weighted by Gasteiger charge is -2.10. The molecule has 0 bridgehead atoms. The molecule has 2 aromatic carbocycles. The first-order valence-corrected chi connectivity index (χ1v) is 7.38. The van der Waals surface area contributed by atoms with Crippen molar-refractivity contribution < 1.29 is 9.53 Å². The fraction of sp³-hybridized carbons (Fsp3) is 0.235. The van der Waals surface area contributed by atoms with Gasteiger partial charge in [0.05, 0.1) is 13.0 Å². The Morgan fingerprint density at radius 2 is 1.62 bits per heavy atom. The first-order valence-electron chi connectivity index (χ1n) is 6.63. The summed E-state index contributed by atoms with van der Waals surface area (Å²) in [4.78, 5) is 11.4. The molecule has 0 saturated carbocycles. The number of methoxy groups -OCH3 is 1. The summed E-state index contributed by atoms with van der Waals surface area (Å²) in [6, 6.07) is 13.5. The van der Waals surface area contributed by atoms with E-state index in [-0.39, 0.29) is 11.9 Å². The number of esters is 1. The molecule has 110 valence electrons. The zero-order valence-electron chi connectivity index (χ0n) is 11.9. The second kappa shape index (κ2) is 6.97. The average Bonchev–Trinajstić information content (AvgIpc) is 2.46. The predicted molar refractivity (Wildman–Crippen MR) is 86.8 cm³/mol. The summed E-state index contributed by atoms with van der Waals surface area (Å²) >= 11 is 12.0. The summed E-state index contributed by atoms with van der Waals surface area (Å²) in [6.07, 6.45) is 0.656. The Labute approximate surface area is 134 Å².